The molecule has 1 aromatic rings. The van der Waals surface area contributed by atoms with E-state index in [-0.39, 0.29) is 23.7 Å². The van der Waals surface area contributed by atoms with Gasteiger partial charge in [0, 0.05) is 30.8 Å². The topological polar surface area (TPSA) is 80.0 Å². The fraction of sp³-hybridized carbons (Fsp3) is 0.800. The Bertz CT molecular complexity index is 464. The second-order valence-electron chi connectivity index (χ2n) is 6.71. The van der Waals surface area contributed by atoms with Crippen molar-refractivity contribution < 1.29 is 9.32 Å². The Balaban J connectivity index is 0.00000242. The van der Waals surface area contributed by atoms with Gasteiger partial charge in [-0.15, -0.1) is 12.4 Å². The summed E-state index contributed by atoms with van der Waals surface area (Å²) in [6, 6.07) is 0.444. The maximum absolute atomic E-state index is 11.7. The summed E-state index contributed by atoms with van der Waals surface area (Å²) in [4.78, 5) is 16.1. The van der Waals surface area contributed by atoms with Crippen LogP contribution in [0.3, 0.4) is 0 Å². The molecule has 0 bridgehead atoms. The standard InChI is InChI=1S/C15H26N4O2.ClH/c1-15(2,3)14-18-13(21-19-14)8-4-7-12(20)17-10-11-6-5-9-16-11;/h11,16H,4-10H2,1-3H3,(H,17,20);1H. The lowest BCUT2D eigenvalue weighted by atomic mass is 9.96. The molecule has 1 aliphatic heterocycles. The number of rotatable bonds is 6. The Morgan fingerprint density at radius 3 is 2.82 bits per heavy atom. The highest BCUT2D eigenvalue weighted by molar-refractivity contribution is 5.85. The van der Waals surface area contributed by atoms with Crippen molar-refractivity contribution in [3.05, 3.63) is 11.7 Å². The molecule has 126 valence electrons. The van der Waals surface area contributed by atoms with E-state index >= 15 is 0 Å². The molecule has 1 amide bonds. The molecule has 1 unspecified atom stereocenters. The Morgan fingerprint density at radius 1 is 1.45 bits per heavy atom. The summed E-state index contributed by atoms with van der Waals surface area (Å²) in [5.74, 6) is 1.43. The SMILES string of the molecule is CC(C)(C)c1noc(CCCC(=O)NCC2CCCN2)n1.Cl. The number of nitrogens with zero attached hydrogens (tertiary/aromatic N) is 2. The minimum Gasteiger partial charge on any atom is -0.355 e. The molecule has 1 aromatic heterocycles. The maximum atomic E-state index is 11.7. The summed E-state index contributed by atoms with van der Waals surface area (Å²) >= 11 is 0. The summed E-state index contributed by atoms with van der Waals surface area (Å²) in [7, 11) is 0. The van der Waals surface area contributed by atoms with Crippen molar-refractivity contribution in [1.29, 1.82) is 0 Å². The van der Waals surface area contributed by atoms with E-state index < -0.39 is 0 Å². The van der Waals surface area contributed by atoms with Gasteiger partial charge in [0.1, 0.15) is 0 Å². The monoisotopic (exact) mass is 330 g/mol. The zero-order chi connectivity index (χ0) is 15.3. The van der Waals surface area contributed by atoms with Crippen LogP contribution in [0.25, 0.3) is 0 Å². The first-order valence-electron chi connectivity index (χ1n) is 7.78. The maximum Gasteiger partial charge on any atom is 0.226 e. The lowest BCUT2D eigenvalue weighted by Crippen LogP contribution is -2.37. The molecule has 1 aliphatic rings. The fourth-order valence-corrected chi connectivity index (χ4v) is 2.32. The van der Waals surface area contributed by atoms with Gasteiger partial charge in [0.25, 0.3) is 0 Å². The van der Waals surface area contributed by atoms with E-state index in [9.17, 15) is 4.79 Å². The molecule has 6 nitrogen and oxygen atoms in total. The van der Waals surface area contributed by atoms with Crippen molar-refractivity contribution in [2.45, 2.75) is 64.3 Å². The van der Waals surface area contributed by atoms with Crippen LogP contribution in [0.1, 0.15) is 58.2 Å². The Kier molecular flexibility index (Phi) is 7.29. The van der Waals surface area contributed by atoms with Gasteiger partial charge in [0.15, 0.2) is 5.82 Å². The van der Waals surface area contributed by atoms with Crippen LogP contribution in [-0.2, 0) is 16.6 Å². The van der Waals surface area contributed by atoms with Crippen LogP contribution in [0.4, 0.5) is 0 Å². The van der Waals surface area contributed by atoms with Gasteiger partial charge in [-0.2, -0.15) is 4.98 Å². The molecule has 0 aliphatic carbocycles. The lowest BCUT2D eigenvalue weighted by Gasteiger charge is -2.11. The molecule has 1 atom stereocenters. The van der Waals surface area contributed by atoms with Crippen molar-refractivity contribution in [2.75, 3.05) is 13.1 Å². The summed E-state index contributed by atoms with van der Waals surface area (Å²) in [5.41, 5.74) is -0.104. The van der Waals surface area contributed by atoms with Gasteiger partial charge >= 0.3 is 0 Å². The number of hydrogen-bond acceptors (Lipinski definition) is 5. The molecule has 0 spiro atoms. The summed E-state index contributed by atoms with van der Waals surface area (Å²) < 4.78 is 5.21. The number of nitrogens with one attached hydrogen (secondary N) is 2. The van der Waals surface area contributed by atoms with Gasteiger partial charge < -0.3 is 15.2 Å². The molecule has 1 saturated heterocycles. The number of hydrogen-bond donors (Lipinski definition) is 2. The van der Waals surface area contributed by atoms with Crippen molar-refractivity contribution in [3.8, 4) is 0 Å². The van der Waals surface area contributed by atoms with Crippen LogP contribution in [-0.4, -0.2) is 35.2 Å². The van der Waals surface area contributed by atoms with E-state index in [4.69, 9.17) is 4.52 Å². The highest BCUT2D eigenvalue weighted by Crippen LogP contribution is 2.18. The predicted octanol–water partition coefficient (Wildman–Crippen LogP) is 1.98. The third kappa shape index (κ3) is 5.93. The zero-order valence-corrected chi connectivity index (χ0v) is 14.5. The molecule has 2 rings (SSSR count). The number of aromatic nitrogens is 2. The summed E-state index contributed by atoms with van der Waals surface area (Å²) in [5, 5.41) is 10.3. The van der Waals surface area contributed by atoms with Gasteiger partial charge in [-0.25, -0.2) is 0 Å². The van der Waals surface area contributed by atoms with Crippen molar-refractivity contribution >= 4 is 18.3 Å². The van der Waals surface area contributed by atoms with Gasteiger partial charge in [0.05, 0.1) is 0 Å². The number of amides is 1. The summed E-state index contributed by atoms with van der Waals surface area (Å²) in [6.07, 6.45) is 4.24. The average molecular weight is 331 g/mol. The summed E-state index contributed by atoms with van der Waals surface area (Å²) in [6.45, 7) is 7.94. The third-order valence-electron chi connectivity index (χ3n) is 3.64. The van der Waals surface area contributed by atoms with Crippen LogP contribution in [0.2, 0.25) is 0 Å². The number of carbonyl (C=O) groups is 1. The quantitative estimate of drug-likeness (QED) is 0.833. The second kappa shape index (κ2) is 8.48. The molecule has 7 heteroatoms. The minimum atomic E-state index is -0.104. The van der Waals surface area contributed by atoms with E-state index in [1.165, 1.54) is 6.42 Å². The van der Waals surface area contributed by atoms with E-state index in [0.717, 1.165) is 25.9 Å². The lowest BCUT2D eigenvalue weighted by molar-refractivity contribution is -0.121. The van der Waals surface area contributed by atoms with Crippen LogP contribution in [0.5, 0.6) is 0 Å². The molecular weight excluding hydrogens is 304 g/mol. The van der Waals surface area contributed by atoms with E-state index in [1.807, 2.05) is 20.8 Å². The Morgan fingerprint density at radius 2 is 2.23 bits per heavy atom. The second-order valence-corrected chi connectivity index (χ2v) is 6.71. The molecule has 22 heavy (non-hydrogen) atoms. The molecular formula is C15H27ClN4O2. The Labute approximate surface area is 138 Å². The molecule has 0 radical (unpaired) electrons. The van der Waals surface area contributed by atoms with E-state index in [2.05, 4.69) is 20.8 Å². The number of aryl methyl sites for hydroxylation is 1. The fourth-order valence-electron chi connectivity index (χ4n) is 2.32. The first-order valence-corrected chi connectivity index (χ1v) is 7.78. The van der Waals surface area contributed by atoms with Gasteiger partial charge in [-0.05, 0) is 25.8 Å². The molecule has 2 heterocycles. The predicted molar refractivity (Wildman–Crippen MR) is 87.2 cm³/mol. The third-order valence-corrected chi connectivity index (χ3v) is 3.64. The van der Waals surface area contributed by atoms with Gasteiger partial charge in [0.2, 0.25) is 11.8 Å². The van der Waals surface area contributed by atoms with Crippen LogP contribution >= 0.6 is 12.4 Å². The van der Waals surface area contributed by atoms with Crippen molar-refractivity contribution in [2.24, 2.45) is 0 Å². The van der Waals surface area contributed by atoms with Crippen molar-refractivity contribution in [1.82, 2.24) is 20.8 Å². The largest absolute Gasteiger partial charge is 0.355 e. The molecule has 1 fully saturated rings. The van der Waals surface area contributed by atoms with Crippen LogP contribution in [0, 0.1) is 0 Å². The van der Waals surface area contributed by atoms with Crippen LogP contribution in [0.15, 0.2) is 4.52 Å². The van der Waals surface area contributed by atoms with Crippen LogP contribution < -0.4 is 10.6 Å². The van der Waals surface area contributed by atoms with Gasteiger partial charge in [-0.1, -0.05) is 25.9 Å². The Hall–Kier alpha value is -1.14. The van der Waals surface area contributed by atoms with E-state index in [1.54, 1.807) is 0 Å². The number of carbonyl (C=O) groups excluding carboxylic acids is 1. The van der Waals surface area contributed by atoms with Crippen molar-refractivity contribution in [3.63, 3.8) is 0 Å². The first kappa shape index (κ1) is 18.9. The number of halogens is 1. The minimum absolute atomic E-state index is 0. The highest BCUT2D eigenvalue weighted by atomic mass is 35.5. The smallest absolute Gasteiger partial charge is 0.226 e. The first-order chi connectivity index (χ1) is 9.95. The molecule has 0 saturated carbocycles. The van der Waals surface area contributed by atoms with Gasteiger partial charge in [-0.3, -0.25) is 4.79 Å². The molecule has 2 N–H and O–H groups in total. The van der Waals surface area contributed by atoms with E-state index in [0.29, 0.717) is 30.6 Å². The average Bonchev–Trinajstić information content (AvgIpc) is 3.07. The highest BCUT2D eigenvalue weighted by Gasteiger charge is 2.21. The normalized spacial score (nSPS) is 18.0. The molecule has 0 aromatic carbocycles. The zero-order valence-electron chi connectivity index (χ0n) is 13.6.